The molecule has 0 aliphatic rings. The number of hydrogen-bond acceptors (Lipinski definition) is 3. The lowest BCUT2D eigenvalue weighted by Gasteiger charge is -2.07. The van der Waals surface area contributed by atoms with Crippen LogP contribution < -0.4 is 10.5 Å². The quantitative estimate of drug-likeness (QED) is 0.948. The highest BCUT2D eigenvalue weighted by molar-refractivity contribution is 9.10. The molecule has 1 amide bonds. The highest BCUT2D eigenvalue weighted by atomic mass is 79.9. The van der Waals surface area contributed by atoms with Crippen molar-refractivity contribution in [1.82, 2.24) is 4.98 Å². The Morgan fingerprint density at radius 2 is 2.17 bits per heavy atom. The van der Waals surface area contributed by atoms with Gasteiger partial charge in [0, 0.05) is 12.3 Å². The van der Waals surface area contributed by atoms with Crippen molar-refractivity contribution in [2.45, 2.75) is 0 Å². The smallest absolute Gasteiger partial charge is 0.254 e. The van der Waals surface area contributed by atoms with Gasteiger partial charge in [-0.25, -0.2) is 9.37 Å². The van der Waals surface area contributed by atoms with Crippen LogP contribution in [0.25, 0.3) is 0 Å². The maximum absolute atomic E-state index is 13.3. The largest absolute Gasteiger partial charge is 0.438 e. The van der Waals surface area contributed by atoms with Gasteiger partial charge in [-0.05, 0) is 40.2 Å². The molecule has 1 heterocycles. The Hall–Kier alpha value is -1.95. The SMILES string of the molecule is NC(=O)c1cccnc1Oc1ccc(Br)c(F)c1. The first-order valence-corrected chi connectivity index (χ1v) is 5.75. The molecule has 0 fully saturated rings. The van der Waals surface area contributed by atoms with Crippen LogP contribution in [-0.2, 0) is 0 Å². The van der Waals surface area contributed by atoms with E-state index in [2.05, 4.69) is 20.9 Å². The number of primary amides is 1. The zero-order valence-corrected chi connectivity index (χ0v) is 10.6. The Morgan fingerprint density at radius 3 is 2.83 bits per heavy atom. The van der Waals surface area contributed by atoms with Crippen LogP contribution >= 0.6 is 15.9 Å². The summed E-state index contributed by atoms with van der Waals surface area (Å²) in [5.41, 5.74) is 5.32. The van der Waals surface area contributed by atoms with E-state index in [0.717, 1.165) is 0 Å². The Bertz CT molecular complexity index is 604. The highest BCUT2D eigenvalue weighted by Gasteiger charge is 2.11. The van der Waals surface area contributed by atoms with Crippen molar-refractivity contribution < 1.29 is 13.9 Å². The van der Waals surface area contributed by atoms with Crippen molar-refractivity contribution in [3.8, 4) is 11.6 Å². The average Bonchev–Trinajstić information content (AvgIpc) is 2.34. The average molecular weight is 311 g/mol. The van der Waals surface area contributed by atoms with Crippen molar-refractivity contribution in [2.75, 3.05) is 0 Å². The molecule has 2 aromatic rings. The van der Waals surface area contributed by atoms with E-state index >= 15 is 0 Å². The molecule has 92 valence electrons. The van der Waals surface area contributed by atoms with Crippen molar-refractivity contribution in [2.24, 2.45) is 5.73 Å². The Balaban J connectivity index is 2.34. The molecule has 0 spiro atoms. The monoisotopic (exact) mass is 310 g/mol. The second-order valence-corrected chi connectivity index (χ2v) is 4.25. The van der Waals surface area contributed by atoms with Gasteiger partial charge in [-0.15, -0.1) is 0 Å². The first-order chi connectivity index (χ1) is 8.58. The topological polar surface area (TPSA) is 65.2 Å². The summed E-state index contributed by atoms with van der Waals surface area (Å²) in [6.45, 7) is 0. The molecule has 2 N–H and O–H groups in total. The molecule has 0 radical (unpaired) electrons. The van der Waals surface area contributed by atoms with Gasteiger partial charge in [0.1, 0.15) is 17.1 Å². The number of nitrogens with two attached hydrogens (primary N) is 1. The van der Waals surface area contributed by atoms with Crippen LogP contribution in [0.5, 0.6) is 11.6 Å². The van der Waals surface area contributed by atoms with Crippen LogP contribution in [0, 0.1) is 5.82 Å². The van der Waals surface area contributed by atoms with Gasteiger partial charge in [0.05, 0.1) is 4.47 Å². The zero-order valence-electron chi connectivity index (χ0n) is 9.06. The number of pyridine rings is 1. The number of amides is 1. The number of carbonyl (C=O) groups is 1. The summed E-state index contributed by atoms with van der Waals surface area (Å²) in [7, 11) is 0. The number of aromatic nitrogens is 1. The van der Waals surface area contributed by atoms with Crippen molar-refractivity contribution in [3.63, 3.8) is 0 Å². The second kappa shape index (κ2) is 5.14. The molecule has 1 aromatic carbocycles. The van der Waals surface area contributed by atoms with Gasteiger partial charge in [-0.3, -0.25) is 4.79 Å². The molecule has 0 aliphatic heterocycles. The summed E-state index contributed by atoms with van der Waals surface area (Å²) >= 11 is 3.03. The van der Waals surface area contributed by atoms with Gasteiger partial charge in [-0.1, -0.05) is 0 Å². The van der Waals surface area contributed by atoms with Gasteiger partial charge in [-0.2, -0.15) is 0 Å². The number of ether oxygens (including phenoxy) is 1. The maximum atomic E-state index is 13.3. The minimum absolute atomic E-state index is 0.0479. The number of benzene rings is 1. The van der Waals surface area contributed by atoms with E-state index in [1.165, 1.54) is 24.4 Å². The minimum atomic E-state index is -0.657. The maximum Gasteiger partial charge on any atom is 0.254 e. The van der Waals surface area contributed by atoms with Crippen molar-refractivity contribution >= 4 is 21.8 Å². The lowest BCUT2D eigenvalue weighted by Crippen LogP contribution is -2.12. The van der Waals surface area contributed by atoms with E-state index in [1.54, 1.807) is 12.1 Å². The Labute approximate surface area is 111 Å². The van der Waals surface area contributed by atoms with Crippen LogP contribution in [0.15, 0.2) is 41.0 Å². The number of rotatable bonds is 3. The first kappa shape index (κ1) is 12.5. The van der Waals surface area contributed by atoms with E-state index in [-0.39, 0.29) is 17.2 Å². The molecular formula is C12H8BrFN2O2. The van der Waals surface area contributed by atoms with E-state index < -0.39 is 11.7 Å². The van der Waals surface area contributed by atoms with Crippen LogP contribution in [0.1, 0.15) is 10.4 Å². The summed E-state index contributed by atoms with van der Waals surface area (Å²) in [6.07, 6.45) is 1.46. The van der Waals surface area contributed by atoms with Crippen LogP contribution in [0.2, 0.25) is 0 Å². The van der Waals surface area contributed by atoms with Gasteiger partial charge in [0.15, 0.2) is 0 Å². The molecule has 0 saturated carbocycles. The molecule has 0 bridgehead atoms. The third-order valence-corrected chi connectivity index (χ3v) is 2.79. The summed E-state index contributed by atoms with van der Waals surface area (Å²) in [5.74, 6) is -0.844. The molecule has 0 aliphatic carbocycles. The third kappa shape index (κ3) is 2.65. The van der Waals surface area contributed by atoms with E-state index in [1.807, 2.05) is 0 Å². The van der Waals surface area contributed by atoms with Crippen LogP contribution in [0.4, 0.5) is 4.39 Å². The summed E-state index contributed by atoms with van der Waals surface area (Å²) in [5, 5.41) is 0. The normalized spacial score (nSPS) is 10.1. The van der Waals surface area contributed by atoms with Gasteiger partial charge in [0.2, 0.25) is 5.88 Å². The number of hydrogen-bond donors (Lipinski definition) is 1. The minimum Gasteiger partial charge on any atom is -0.438 e. The number of halogens is 2. The summed E-state index contributed by atoms with van der Waals surface area (Å²) in [6, 6.07) is 7.28. The van der Waals surface area contributed by atoms with Crippen molar-refractivity contribution in [3.05, 3.63) is 52.4 Å². The third-order valence-electron chi connectivity index (χ3n) is 2.14. The molecule has 2 rings (SSSR count). The fraction of sp³-hybridized carbons (Fsp3) is 0. The molecule has 18 heavy (non-hydrogen) atoms. The molecule has 0 saturated heterocycles. The van der Waals surface area contributed by atoms with E-state index in [0.29, 0.717) is 4.47 Å². The number of nitrogens with zero attached hydrogens (tertiary/aromatic N) is 1. The summed E-state index contributed by atoms with van der Waals surface area (Å²) < 4.78 is 19.0. The van der Waals surface area contributed by atoms with Gasteiger partial charge < -0.3 is 10.5 Å². The fourth-order valence-electron chi connectivity index (χ4n) is 1.31. The van der Waals surface area contributed by atoms with Crippen LogP contribution in [0.3, 0.4) is 0 Å². The standard InChI is InChI=1S/C12H8BrFN2O2/c13-9-4-3-7(6-10(9)14)18-12-8(11(15)17)2-1-5-16-12/h1-6H,(H2,15,17). The van der Waals surface area contributed by atoms with Gasteiger partial charge >= 0.3 is 0 Å². The molecular weight excluding hydrogens is 303 g/mol. The Morgan fingerprint density at radius 1 is 1.39 bits per heavy atom. The molecule has 0 atom stereocenters. The van der Waals surface area contributed by atoms with E-state index in [9.17, 15) is 9.18 Å². The molecule has 6 heteroatoms. The lowest BCUT2D eigenvalue weighted by molar-refractivity contribution is 0.0997. The Kier molecular flexibility index (Phi) is 3.57. The lowest BCUT2D eigenvalue weighted by atomic mass is 10.2. The zero-order chi connectivity index (χ0) is 13.1. The fourth-order valence-corrected chi connectivity index (χ4v) is 1.56. The predicted octanol–water partition coefficient (Wildman–Crippen LogP) is 2.87. The number of carbonyl (C=O) groups excluding carboxylic acids is 1. The predicted molar refractivity (Wildman–Crippen MR) is 66.9 cm³/mol. The molecule has 4 nitrogen and oxygen atoms in total. The molecule has 1 aromatic heterocycles. The molecule has 0 unspecified atom stereocenters. The van der Waals surface area contributed by atoms with Crippen molar-refractivity contribution in [1.29, 1.82) is 0 Å². The summed E-state index contributed by atoms with van der Waals surface area (Å²) in [4.78, 5) is 15.0. The van der Waals surface area contributed by atoms with Crippen LogP contribution in [-0.4, -0.2) is 10.9 Å². The highest BCUT2D eigenvalue weighted by Crippen LogP contribution is 2.26. The second-order valence-electron chi connectivity index (χ2n) is 3.40. The van der Waals surface area contributed by atoms with E-state index in [4.69, 9.17) is 10.5 Å². The van der Waals surface area contributed by atoms with Gasteiger partial charge in [0.25, 0.3) is 5.91 Å². The first-order valence-electron chi connectivity index (χ1n) is 4.95.